The maximum atomic E-state index is 12.6. The third kappa shape index (κ3) is 3.68. The van der Waals surface area contributed by atoms with Crippen LogP contribution in [0, 0.1) is 0 Å². The summed E-state index contributed by atoms with van der Waals surface area (Å²) in [7, 11) is 0. The van der Waals surface area contributed by atoms with Crippen molar-refractivity contribution in [2.24, 2.45) is 0 Å². The molecular weight excluding hydrogens is 351 g/mol. The summed E-state index contributed by atoms with van der Waals surface area (Å²) in [6.45, 7) is 6.50. The molecule has 1 aromatic heterocycles. The average Bonchev–Trinajstić information content (AvgIpc) is 2.46. The first-order chi connectivity index (χ1) is 11.2. The molecule has 1 amide bonds. The van der Waals surface area contributed by atoms with Crippen molar-refractivity contribution in [3.8, 4) is 0 Å². The molecule has 1 saturated heterocycles. The minimum atomic E-state index is -0.530. The topological polar surface area (TPSA) is 51.7 Å². The predicted octanol–water partition coefficient (Wildman–Crippen LogP) is 4.18. The second kappa shape index (κ2) is 6.54. The first-order valence-electron chi connectivity index (χ1n) is 7.86. The zero-order valence-corrected chi connectivity index (χ0v) is 15.4. The van der Waals surface area contributed by atoms with E-state index >= 15 is 0 Å². The fourth-order valence-electron chi connectivity index (χ4n) is 3.05. The van der Waals surface area contributed by atoms with Crippen LogP contribution in [0.1, 0.15) is 32.8 Å². The molecule has 0 aromatic carbocycles. The minimum Gasteiger partial charge on any atom is -0.444 e. The van der Waals surface area contributed by atoms with Gasteiger partial charge in [-0.3, -0.25) is 4.90 Å². The molecule has 3 heterocycles. The Kier molecular flexibility index (Phi) is 4.78. The maximum absolute atomic E-state index is 12.6. The van der Waals surface area contributed by atoms with Crippen molar-refractivity contribution in [3.05, 3.63) is 34.1 Å². The molecule has 0 aliphatic carbocycles. The lowest BCUT2D eigenvalue weighted by Gasteiger charge is -2.44. The highest BCUT2D eigenvalue weighted by molar-refractivity contribution is 6.33. The molecule has 2 aliphatic rings. The van der Waals surface area contributed by atoms with E-state index in [1.807, 2.05) is 26.8 Å². The smallest absolute Gasteiger partial charge is 0.411 e. The number of halogens is 2. The van der Waals surface area contributed by atoms with E-state index < -0.39 is 5.60 Å². The van der Waals surface area contributed by atoms with Gasteiger partial charge < -0.3 is 9.47 Å². The van der Waals surface area contributed by atoms with Gasteiger partial charge in [-0.05, 0) is 38.8 Å². The Hall–Kier alpha value is -1.30. The van der Waals surface area contributed by atoms with Gasteiger partial charge in [0.05, 0.1) is 30.3 Å². The first-order valence-corrected chi connectivity index (χ1v) is 8.61. The Labute approximate surface area is 151 Å². The van der Waals surface area contributed by atoms with E-state index in [1.54, 1.807) is 17.2 Å². The first kappa shape index (κ1) is 17.5. The zero-order chi connectivity index (χ0) is 17.5. The van der Waals surface area contributed by atoms with Gasteiger partial charge in [-0.2, -0.15) is 0 Å². The molecule has 5 nitrogen and oxygen atoms in total. The fraction of sp³-hybridized carbons (Fsp3) is 0.529. The van der Waals surface area contributed by atoms with E-state index in [0.717, 1.165) is 11.1 Å². The van der Waals surface area contributed by atoms with Crippen LogP contribution >= 0.6 is 23.2 Å². The van der Waals surface area contributed by atoms with Crippen LogP contribution in [0.4, 0.5) is 4.79 Å². The van der Waals surface area contributed by atoms with Crippen molar-refractivity contribution in [1.29, 1.82) is 0 Å². The molecular formula is C17H20Cl2N2O3. The van der Waals surface area contributed by atoms with E-state index in [4.69, 9.17) is 32.7 Å². The van der Waals surface area contributed by atoms with E-state index in [1.165, 1.54) is 0 Å². The zero-order valence-electron chi connectivity index (χ0n) is 13.9. The van der Waals surface area contributed by atoms with Crippen LogP contribution in [0.2, 0.25) is 10.2 Å². The number of ether oxygens (including phenoxy) is 2. The molecule has 2 aliphatic heterocycles. The molecule has 3 rings (SSSR count). The molecule has 130 valence electrons. The summed E-state index contributed by atoms with van der Waals surface area (Å²) in [4.78, 5) is 18.3. The number of nitrogens with zero attached hydrogens (tertiary/aromatic N) is 2. The van der Waals surface area contributed by atoms with Crippen molar-refractivity contribution in [2.45, 2.75) is 44.9 Å². The molecule has 0 saturated carbocycles. The van der Waals surface area contributed by atoms with Crippen molar-refractivity contribution in [3.63, 3.8) is 0 Å². The molecule has 2 unspecified atom stereocenters. The summed E-state index contributed by atoms with van der Waals surface area (Å²) in [5, 5.41) is 0.946. The number of aromatic nitrogens is 1. The van der Waals surface area contributed by atoms with Crippen molar-refractivity contribution in [1.82, 2.24) is 9.88 Å². The Morgan fingerprint density at radius 1 is 1.38 bits per heavy atom. The number of morpholine rings is 1. The normalized spacial score (nSPS) is 23.7. The summed E-state index contributed by atoms with van der Waals surface area (Å²) in [6, 6.07) is 1.50. The van der Waals surface area contributed by atoms with E-state index in [-0.39, 0.29) is 18.2 Å². The largest absolute Gasteiger partial charge is 0.444 e. The van der Waals surface area contributed by atoms with E-state index in [0.29, 0.717) is 29.8 Å². The predicted molar refractivity (Wildman–Crippen MR) is 93.3 cm³/mol. The lowest BCUT2D eigenvalue weighted by molar-refractivity contribution is -0.0510. The van der Waals surface area contributed by atoms with Crippen LogP contribution in [-0.2, 0) is 9.47 Å². The second-order valence-corrected chi connectivity index (χ2v) is 7.82. The van der Waals surface area contributed by atoms with Crippen molar-refractivity contribution >= 4 is 34.9 Å². The van der Waals surface area contributed by atoms with Crippen LogP contribution < -0.4 is 0 Å². The van der Waals surface area contributed by atoms with Crippen LogP contribution in [0.15, 0.2) is 18.3 Å². The molecule has 7 heteroatoms. The van der Waals surface area contributed by atoms with E-state index in [2.05, 4.69) is 4.98 Å². The standard InChI is InChI=1S/C17H20Cl2N2O3/c1-17(2,3)24-16(22)21-11-4-10(5-12(21)9-23-8-11)13-6-15(19)20-7-14(13)18/h4,6-7,11-12H,5,8-9H2,1-3H3. The molecule has 1 aromatic rings. The summed E-state index contributed by atoms with van der Waals surface area (Å²) in [5.41, 5.74) is 1.39. The van der Waals surface area contributed by atoms with Crippen LogP contribution in [0.5, 0.6) is 0 Å². The molecule has 0 radical (unpaired) electrons. The Morgan fingerprint density at radius 2 is 2.12 bits per heavy atom. The molecule has 24 heavy (non-hydrogen) atoms. The lowest BCUT2D eigenvalue weighted by atomic mass is 9.90. The van der Waals surface area contributed by atoms with Gasteiger partial charge in [-0.15, -0.1) is 0 Å². The quantitative estimate of drug-likeness (QED) is 0.695. The number of hydrogen-bond donors (Lipinski definition) is 0. The Bertz CT molecular complexity index is 685. The van der Waals surface area contributed by atoms with Gasteiger partial charge in [-0.1, -0.05) is 29.3 Å². The SMILES string of the molecule is CC(C)(C)OC(=O)N1C2C=C(c3cc(Cl)ncc3Cl)CC1COC2. The van der Waals surface area contributed by atoms with Crippen molar-refractivity contribution in [2.75, 3.05) is 13.2 Å². The number of fused-ring (bicyclic) bond motifs is 2. The monoisotopic (exact) mass is 370 g/mol. The van der Waals surface area contributed by atoms with Gasteiger partial charge in [0.2, 0.25) is 0 Å². The van der Waals surface area contributed by atoms with Gasteiger partial charge in [0.25, 0.3) is 0 Å². The summed E-state index contributed by atoms with van der Waals surface area (Å²) >= 11 is 12.3. The Balaban J connectivity index is 1.90. The average molecular weight is 371 g/mol. The van der Waals surface area contributed by atoms with Gasteiger partial charge in [0, 0.05) is 11.8 Å². The van der Waals surface area contributed by atoms with Gasteiger partial charge in [0.15, 0.2) is 0 Å². The summed E-state index contributed by atoms with van der Waals surface area (Å²) in [5.74, 6) is 0. The number of carbonyl (C=O) groups is 1. The highest BCUT2D eigenvalue weighted by Crippen LogP contribution is 2.36. The highest BCUT2D eigenvalue weighted by atomic mass is 35.5. The number of hydrogen-bond acceptors (Lipinski definition) is 4. The molecule has 0 spiro atoms. The third-order valence-electron chi connectivity index (χ3n) is 3.97. The van der Waals surface area contributed by atoms with Crippen LogP contribution in [0.3, 0.4) is 0 Å². The molecule has 0 N–H and O–H groups in total. The number of carbonyl (C=O) groups excluding carboxylic acids is 1. The van der Waals surface area contributed by atoms with Crippen LogP contribution in [-0.4, -0.2) is 46.9 Å². The van der Waals surface area contributed by atoms with Gasteiger partial charge >= 0.3 is 6.09 Å². The fourth-order valence-corrected chi connectivity index (χ4v) is 3.44. The lowest BCUT2D eigenvalue weighted by Crippen LogP contribution is -2.57. The van der Waals surface area contributed by atoms with E-state index in [9.17, 15) is 4.79 Å². The second-order valence-electron chi connectivity index (χ2n) is 7.03. The highest BCUT2D eigenvalue weighted by Gasteiger charge is 2.40. The molecule has 2 bridgehead atoms. The van der Waals surface area contributed by atoms with Crippen LogP contribution in [0.25, 0.3) is 5.57 Å². The maximum Gasteiger partial charge on any atom is 0.411 e. The number of pyridine rings is 1. The van der Waals surface area contributed by atoms with Gasteiger partial charge in [-0.25, -0.2) is 9.78 Å². The van der Waals surface area contributed by atoms with Crippen molar-refractivity contribution < 1.29 is 14.3 Å². The number of amides is 1. The molecule has 2 atom stereocenters. The summed E-state index contributed by atoms with van der Waals surface area (Å²) in [6.07, 6.45) is 3.88. The number of rotatable bonds is 1. The van der Waals surface area contributed by atoms with Gasteiger partial charge in [0.1, 0.15) is 10.8 Å². The third-order valence-corrected chi connectivity index (χ3v) is 4.48. The minimum absolute atomic E-state index is 0.0818. The summed E-state index contributed by atoms with van der Waals surface area (Å²) < 4.78 is 11.2. The Morgan fingerprint density at radius 3 is 2.79 bits per heavy atom. The molecule has 1 fully saturated rings.